The van der Waals surface area contributed by atoms with E-state index in [2.05, 4.69) is 24.1 Å². The van der Waals surface area contributed by atoms with Gasteiger partial charge in [0.25, 0.3) is 0 Å². The first-order valence-corrected chi connectivity index (χ1v) is 10.9. The Hall–Kier alpha value is -2.61. The number of sulfonamides is 1. The van der Waals surface area contributed by atoms with Crippen molar-refractivity contribution in [2.24, 2.45) is 0 Å². The minimum atomic E-state index is -3.73. The van der Waals surface area contributed by atoms with Crippen molar-refractivity contribution < 1.29 is 17.6 Å². The van der Waals surface area contributed by atoms with Gasteiger partial charge in [0.05, 0.1) is 11.9 Å². The van der Waals surface area contributed by atoms with Crippen LogP contribution in [0.2, 0.25) is 0 Å². The van der Waals surface area contributed by atoms with Crippen LogP contribution in [0.3, 0.4) is 0 Å². The molecule has 1 amide bonds. The van der Waals surface area contributed by atoms with Gasteiger partial charge in [0, 0.05) is 25.3 Å². The minimum Gasteiger partial charge on any atom is -0.372 e. The van der Waals surface area contributed by atoms with Crippen molar-refractivity contribution >= 4 is 27.3 Å². The van der Waals surface area contributed by atoms with Gasteiger partial charge < -0.3 is 10.2 Å². The number of halogens is 1. The summed E-state index contributed by atoms with van der Waals surface area (Å²) >= 11 is 0. The van der Waals surface area contributed by atoms with Crippen LogP contribution < -0.4 is 14.5 Å². The molecular formula is C20H26FN3O3S. The maximum absolute atomic E-state index is 13.4. The third kappa shape index (κ3) is 5.95. The number of nitrogens with one attached hydrogen (secondary N) is 1. The quantitative estimate of drug-likeness (QED) is 0.694. The van der Waals surface area contributed by atoms with E-state index in [4.69, 9.17) is 0 Å². The number of hydrogen-bond donors (Lipinski definition) is 1. The molecule has 1 N–H and O–H groups in total. The fourth-order valence-corrected chi connectivity index (χ4v) is 3.68. The van der Waals surface area contributed by atoms with Gasteiger partial charge in [-0.2, -0.15) is 0 Å². The highest BCUT2D eigenvalue weighted by atomic mass is 32.2. The molecule has 2 aromatic carbocycles. The van der Waals surface area contributed by atoms with Gasteiger partial charge in [0.1, 0.15) is 12.4 Å². The number of carbonyl (C=O) groups excluding carboxylic acids is 1. The zero-order valence-corrected chi connectivity index (χ0v) is 17.2. The standard InChI is InChI=1S/C20H26FN3O3S/c1-4-23(5-2)18-11-9-16(10-12-18)14-22-20(25)15-24(28(3,26)27)19-8-6-7-17(21)13-19/h6-13H,4-5,14-15H2,1-3H3,(H,22,25). The lowest BCUT2D eigenvalue weighted by atomic mass is 10.2. The number of amides is 1. The van der Waals surface area contributed by atoms with Crippen LogP contribution in [0.1, 0.15) is 19.4 Å². The predicted molar refractivity (Wildman–Crippen MR) is 110 cm³/mol. The third-order valence-corrected chi connectivity index (χ3v) is 5.48. The molecule has 0 spiro atoms. The van der Waals surface area contributed by atoms with Crippen LogP contribution in [-0.2, 0) is 21.4 Å². The molecular weight excluding hydrogens is 381 g/mol. The second-order valence-corrected chi connectivity index (χ2v) is 8.27. The van der Waals surface area contributed by atoms with Crippen LogP contribution in [0.15, 0.2) is 48.5 Å². The van der Waals surface area contributed by atoms with Crippen LogP contribution in [0.25, 0.3) is 0 Å². The molecule has 0 radical (unpaired) electrons. The summed E-state index contributed by atoms with van der Waals surface area (Å²) in [4.78, 5) is 14.5. The zero-order valence-electron chi connectivity index (χ0n) is 16.4. The van der Waals surface area contributed by atoms with Gasteiger partial charge in [-0.15, -0.1) is 0 Å². The first-order valence-electron chi connectivity index (χ1n) is 9.08. The lowest BCUT2D eigenvalue weighted by Gasteiger charge is -2.22. The van der Waals surface area contributed by atoms with Crippen LogP contribution in [0, 0.1) is 5.82 Å². The first kappa shape index (κ1) is 21.7. The molecule has 2 rings (SSSR count). The molecule has 0 aliphatic heterocycles. The van der Waals surface area contributed by atoms with Crippen LogP contribution >= 0.6 is 0 Å². The molecule has 8 heteroatoms. The van der Waals surface area contributed by atoms with Crippen molar-refractivity contribution in [1.82, 2.24) is 5.32 Å². The predicted octanol–water partition coefficient (Wildman–Crippen LogP) is 2.75. The second kappa shape index (κ2) is 9.54. The van der Waals surface area contributed by atoms with E-state index in [1.54, 1.807) is 0 Å². The van der Waals surface area contributed by atoms with E-state index in [0.717, 1.165) is 41.0 Å². The molecule has 6 nitrogen and oxygen atoms in total. The summed E-state index contributed by atoms with van der Waals surface area (Å²) in [5, 5.41) is 2.71. The lowest BCUT2D eigenvalue weighted by Crippen LogP contribution is -2.40. The fraction of sp³-hybridized carbons (Fsp3) is 0.350. The number of nitrogens with zero attached hydrogens (tertiary/aromatic N) is 2. The van der Waals surface area contributed by atoms with Crippen LogP contribution in [-0.4, -0.2) is 40.2 Å². The van der Waals surface area contributed by atoms with Gasteiger partial charge in [-0.1, -0.05) is 18.2 Å². The molecule has 152 valence electrons. The number of anilines is 2. The van der Waals surface area contributed by atoms with Crippen molar-refractivity contribution in [3.8, 4) is 0 Å². The van der Waals surface area contributed by atoms with E-state index < -0.39 is 28.3 Å². The molecule has 0 unspecified atom stereocenters. The SMILES string of the molecule is CCN(CC)c1ccc(CNC(=O)CN(c2cccc(F)c2)S(C)(=O)=O)cc1. The van der Waals surface area contributed by atoms with E-state index in [1.165, 1.54) is 18.2 Å². The average molecular weight is 408 g/mol. The summed E-state index contributed by atoms with van der Waals surface area (Å²) in [5.41, 5.74) is 2.12. The van der Waals surface area contributed by atoms with Crippen molar-refractivity contribution in [1.29, 1.82) is 0 Å². The van der Waals surface area contributed by atoms with Crippen molar-refractivity contribution in [2.45, 2.75) is 20.4 Å². The molecule has 0 fully saturated rings. The third-order valence-electron chi connectivity index (χ3n) is 4.34. The molecule has 0 aromatic heterocycles. The van der Waals surface area contributed by atoms with Gasteiger partial charge in [0.15, 0.2) is 0 Å². The molecule has 28 heavy (non-hydrogen) atoms. The summed E-state index contributed by atoms with van der Waals surface area (Å²) in [6.07, 6.45) is 0.983. The van der Waals surface area contributed by atoms with Gasteiger partial charge >= 0.3 is 0 Å². The number of carbonyl (C=O) groups is 1. The Kier molecular flexibility index (Phi) is 7.39. The van der Waals surface area contributed by atoms with Crippen molar-refractivity contribution in [2.75, 3.05) is 35.1 Å². The maximum atomic E-state index is 13.4. The molecule has 0 bridgehead atoms. The number of hydrogen-bond acceptors (Lipinski definition) is 4. The summed E-state index contributed by atoms with van der Waals surface area (Å²) in [5.74, 6) is -1.04. The average Bonchev–Trinajstić information content (AvgIpc) is 2.65. The Balaban J connectivity index is 2.01. The normalized spacial score (nSPS) is 11.1. The topological polar surface area (TPSA) is 69.7 Å². The van der Waals surface area contributed by atoms with E-state index in [1.807, 2.05) is 24.3 Å². The molecule has 0 aliphatic carbocycles. The monoisotopic (exact) mass is 407 g/mol. The minimum absolute atomic E-state index is 0.112. The summed E-state index contributed by atoms with van der Waals surface area (Å²) in [7, 11) is -3.73. The largest absolute Gasteiger partial charge is 0.372 e. The van der Waals surface area contributed by atoms with E-state index in [-0.39, 0.29) is 12.2 Å². The molecule has 0 atom stereocenters. The Morgan fingerprint density at radius 1 is 1.04 bits per heavy atom. The van der Waals surface area contributed by atoms with Gasteiger partial charge in [-0.05, 0) is 49.7 Å². The molecule has 2 aromatic rings. The zero-order chi connectivity index (χ0) is 20.7. The van der Waals surface area contributed by atoms with Gasteiger partial charge in [0.2, 0.25) is 15.9 Å². The van der Waals surface area contributed by atoms with Gasteiger partial charge in [-0.25, -0.2) is 12.8 Å². The van der Waals surface area contributed by atoms with Gasteiger partial charge in [-0.3, -0.25) is 9.10 Å². The second-order valence-electron chi connectivity index (χ2n) is 6.36. The molecule has 0 aliphatic rings. The molecule has 0 heterocycles. The first-order chi connectivity index (χ1) is 13.2. The van der Waals surface area contributed by atoms with Crippen LogP contribution in [0.4, 0.5) is 15.8 Å². The molecule has 0 saturated heterocycles. The number of benzene rings is 2. The highest BCUT2D eigenvalue weighted by molar-refractivity contribution is 7.92. The smallest absolute Gasteiger partial charge is 0.241 e. The summed E-state index contributed by atoms with van der Waals surface area (Å²) in [6.45, 7) is 5.85. The lowest BCUT2D eigenvalue weighted by molar-refractivity contribution is -0.119. The fourth-order valence-electron chi connectivity index (χ4n) is 2.83. The Labute approximate surface area is 166 Å². The Bertz CT molecular complexity index is 897. The van der Waals surface area contributed by atoms with E-state index in [9.17, 15) is 17.6 Å². The Morgan fingerprint density at radius 3 is 2.21 bits per heavy atom. The van der Waals surface area contributed by atoms with E-state index >= 15 is 0 Å². The number of rotatable bonds is 9. The summed E-state index contributed by atoms with van der Waals surface area (Å²) < 4.78 is 38.4. The van der Waals surface area contributed by atoms with E-state index in [0.29, 0.717) is 0 Å². The van der Waals surface area contributed by atoms with Crippen molar-refractivity contribution in [3.05, 3.63) is 59.9 Å². The molecule has 0 saturated carbocycles. The van der Waals surface area contributed by atoms with Crippen LogP contribution in [0.5, 0.6) is 0 Å². The Morgan fingerprint density at radius 2 is 1.68 bits per heavy atom. The summed E-state index contributed by atoms with van der Waals surface area (Å²) in [6, 6.07) is 13.0. The highest BCUT2D eigenvalue weighted by Gasteiger charge is 2.21. The van der Waals surface area contributed by atoms with Crippen molar-refractivity contribution in [3.63, 3.8) is 0 Å². The maximum Gasteiger partial charge on any atom is 0.241 e. The highest BCUT2D eigenvalue weighted by Crippen LogP contribution is 2.18.